The third-order valence-electron chi connectivity index (χ3n) is 1.50. The Morgan fingerprint density at radius 1 is 1.43 bits per heavy atom. The zero-order valence-corrected chi connectivity index (χ0v) is 8.41. The summed E-state index contributed by atoms with van der Waals surface area (Å²) in [6.45, 7) is 0. The first-order chi connectivity index (χ1) is 6.72. The normalized spacial score (nSPS) is 10.4. The molecule has 0 aromatic heterocycles. The number of benzene rings is 1. The lowest BCUT2D eigenvalue weighted by Gasteiger charge is -1.95. The van der Waals surface area contributed by atoms with Crippen molar-refractivity contribution in [1.29, 1.82) is 0 Å². The summed E-state index contributed by atoms with van der Waals surface area (Å²) in [6, 6.07) is 7.16. The van der Waals surface area contributed by atoms with Gasteiger partial charge in [-0.15, -0.1) is 0 Å². The summed E-state index contributed by atoms with van der Waals surface area (Å²) < 4.78 is 0. The number of rotatable bonds is 3. The molecule has 0 bridgehead atoms. The molecule has 0 aliphatic rings. The molecule has 4 heteroatoms. The van der Waals surface area contributed by atoms with Crippen LogP contribution in [0.25, 0.3) is 6.08 Å². The van der Waals surface area contributed by atoms with Crippen LogP contribution in [0.2, 0.25) is 5.02 Å². The summed E-state index contributed by atoms with van der Waals surface area (Å²) in [5.74, 6) is -0.303. The maximum absolute atomic E-state index is 10.9. The van der Waals surface area contributed by atoms with Crippen molar-refractivity contribution >= 4 is 23.6 Å². The van der Waals surface area contributed by atoms with Crippen LogP contribution in [0.5, 0.6) is 0 Å². The van der Waals surface area contributed by atoms with Crippen molar-refractivity contribution in [2.24, 2.45) is 0 Å². The number of amides is 1. The molecule has 1 rings (SSSR count). The highest BCUT2D eigenvalue weighted by Gasteiger charge is 1.92. The van der Waals surface area contributed by atoms with Crippen LogP contribution in [0.3, 0.4) is 0 Å². The molecule has 1 N–H and O–H groups in total. The second kappa shape index (κ2) is 5.42. The van der Waals surface area contributed by atoms with Gasteiger partial charge in [-0.3, -0.25) is 9.63 Å². The number of carbonyl (C=O) groups excluding carboxylic acids is 1. The molecule has 1 aromatic carbocycles. The number of halogens is 1. The van der Waals surface area contributed by atoms with Gasteiger partial charge >= 0.3 is 0 Å². The van der Waals surface area contributed by atoms with Gasteiger partial charge in [-0.05, 0) is 23.8 Å². The summed E-state index contributed by atoms with van der Waals surface area (Å²) in [4.78, 5) is 15.4. The molecule has 0 saturated carbocycles. The fraction of sp³-hybridized carbons (Fsp3) is 0.100. The minimum Gasteiger partial charge on any atom is -0.277 e. The lowest BCUT2D eigenvalue weighted by Crippen LogP contribution is -2.18. The molecule has 1 amide bonds. The highest BCUT2D eigenvalue weighted by molar-refractivity contribution is 6.30. The van der Waals surface area contributed by atoms with E-state index in [1.165, 1.54) is 13.2 Å². The number of nitrogens with one attached hydrogen (secondary N) is 1. The third-order valence-corrected chi connectivity index (χ3v) is 1.75. The SMILES string of the molecule is CONC(=O)/C=C/c1ccc(Cl)cc1. The molecular weight excluding hydrogens is 202 g/mol. The van der Waals surface area contributed by atoms with Gasteiger partial charge in [-0.25, -0.2) is 5.48 Å². The Morgan fingerprint density at radius 2 is 2.07 bits per heavy atom. The molecular formula is C10H10ClNO2. The predicted molar refractivity (Wildman–Crippen MR) is 55.6 cm³/mol. The van der Waals surface area contributed by atoms with E-state index in [1.54, 1.807) is 18.2 Å². The Labute approximate surface area is 87.3 Å². The minimum atomic E-state index is -0.303. The van der Waals surface area contributed by atoms with E-state index in [9.17, 15) is 4.79 Å². The Kier molecular flexibility index (Phi) is 4.16. The maximum Gasteiger partial charge on any atom is 0.267 e. The zero-order valence-electron chi connectivity index (χ0n) is 7.66. The molecule has 0 saturated heterocycles. The molecule has 14 heavy (non-hydrogen) atoms. The van der Waals surface area contributed by atoms with Crippen LogP contribution < -0.4 is 5.48 Å². The summed E-state index contributed by atoms with van der Waals surface area (Å²) >= 11 is 5.70. The van der Waals surface area contributed by atoms with Gasteiger partial charge in [0.2, 0.25) is 0 Å². The van der Waals surface area contributed by atoms with Gasteiger partial charge in [0, 0.05) is 11.1 Å². The average molecular weight is 212 g/mol. The Hall–Kier alpha value is -1.32. The summed E-state index contributed by atoms with van der Waals surface area (Å²) in [5.41, 5.74) is 3.08. The van der Waals surface area contributed by atoms with Crippen molar-refractivity contribution in [3.63, 3.8) is 0 Å². The van der Waals surface area contributed by atoms with E-state index in [1.807, 2.05) is 12.1 Å². The van der Waals surface area contributed by atoms with Gasteiger partial charge in [0.1, 0.15) is 0 Å². The highest BCUT2D eigenvalue weighted by atomic mass is 35.5. The van der Waals surface area contributed by atoms with Crippen molar-refractivity contribution in [3.8, 4) is 0 Å². The van der Waals surface area contributed by atoms with E-state index >= 15 is 0 Å². The molecule has 3 nitrogen and oxygen atoms in total. The average Bonchev–Trinajstić information content (AvgIpc) is 2.17. The van der Waals surface area contributed by atoms with Crippen molar-refractivity contribution in [1.82, 2.24) is 5.48 Å². The lowest BCUT2D eigenvalue weighted by molar-refractivity contribution is -0.126. The highest BCUT2D eigenvalue weighted by Crippen LogP contribution is 2.10. The van der Waals surface area contributed by atoms with Crippen LogP contribution in [0.1, 0.15) is 5.56 Å². The van der Waals surface area contributed by atoms with E-state index in [0.29, 0.717) is 5.02 Å². The van der Waals surface area contributed by atoms with Gasteiger partial charge in [-0.1, -0.05) is 23.7 Å². The molecule has 0 unspecified atom stereocenters. The van der Waals surface area contributed by atoms with Crippen LogP contribution in [-0.4, -0.2) is 13.0 Å². The van der Waals surface area contributed by atoms with Crippen LogP contribution in [0.15, 0.2) is 30.3 Å². The quantitative estimate of drug-likeness (QED) is 0.614. The third kappa shape index (κ3) is 3.60. The van der Waals surface area contributed by atoms with Gasteiger partial charge in [0.25, 0.3) is 5.91 Å². The Balaban J connectivity index is 2.60. The van der Waals surface area contributed by atoms with E-state index in [2.05, 4.69) is 10.3 Å². The number of hydrogen-bond donors (Lipinski definition) is 1. The van der Waals surface area contributed by atoms with Crippen LogP contribution in [0, 0.1) is 0 Å². The number of carbonyl (C=O) groups is 1. The Bertz CT molecular complexity index is 332. The molecule has 74 valence electrons. The van der Waals surface area contributed by atoms with E-state index in [0.717, 1.165) is 5.56 Å². The first-order valence-corrected chi connectivity index (χ1v) is 4.37. The molecule has 0 atom stereocenters. The first kappa shape index (κ1) is 10.8. The second-order valence-electron chi connectivity index (χ2n) is 2.56. The number of hydroxylamine groups is 1. The van der Waals surface area contributed by atoms with Crippen molar-refractivity contribution in [3.05, 3.63) is 40.9 Å². The molecule has 0 heterocycles. The predicted octanol–water partition coefficient (Wildman–Crippen LogP) is 2.03. The smallest absolute Gasteiger partial charge is 0.267 e. The van der Waals surface area contributed by atoms with Gasteiger partial charge in [0.05, 0.1) is 7.11 Å². The standard InChI is InChI=1S/C10H10ClNO2/c1-14-12-10(13)7-4-8-2-5-9(11)6-3-8/h2-7H,1H3,(H,12,13)/b7-4+. The van der Waals surface area contributed by atoms with E-state index in [4.69, 9.17) is 11.6 Å². The van der Waals surface area contributed by atoms with Crippen LogP contribution in [0.4, 0.5) is 0 Å². The minimum absolute atomic E-state index is 0.303. The second-order valence-corrected chi connectivity index (χ2v) is 2.99. The Morgan fingerprint density at radius 3 is 2.64 bits per heavy atom. The largest absolute Gasteiger partial charge is 0.277 e. The summed E-state index contributed by atoms with van der Waals surface area (Å²) in [5, 5.41) is 0.670. The monoisotopic (exact) mass is 211 g/mol. The van der Waals surface area contributed by atoms with Gasteiger partial charge in [0.15, 0.2) is 0 Å². The molecule has 0 radical (unpaired) electrons. The first-order valence-electron chi connectivity index (χ1n) is 3.99. The fourth-order valence-corrected chi connectivity index (χ4v) is 1.01. The van der Waals surface area contributed by atoms with E-state index < -0.39 is 0 Å². The van der Waals surface area contributed by atoms with Gasteiger partial charge in [-0.2, -0.15) is 0 Å². The molecule has 0 aliphatic heterocycles. The molecule has 0 fully saturated rings. The summed E-state index contributed by atoms with van der Waals surface area (Å²) in [7, 11) is 1.38. The lowest BCUT2D eigenvalue weighted by atomic mass is 10.2. The van der Waals surface area contributed by atoms with Crippen molar-refractivity contribution in [2.75, 3.05) is 7.11 Å². The van der Waals surface area contributed by atoms with Crippen LogP contribution >= 0.6 is 11.6 Å². The molecule has 0 spiro atoms. The zero-order chi connectivity index (χ0) is 10.4. The van der Waals surface area contributed by atoms with Crippen LogP contribution in [-0.2, 0) is 9.63 Å². The van der Waals surface area contributed by atoms with Gasteiger partial charge < -0.3 is 0 Å². The van der Waals surface area contributed by atoms with E-state index in [-0.39, 0.29) is 5.91 Å². The summed E-state index contributed by atoms with van der Waals surface area (Å²) in [6.07, 6.45) is 3.05. The number of hydrogen-bond acceptors (Lipinski definition) is 2. The fourth-order valence-electron chi connectivity index (χ4n) is 0.880. The molecule has 0 aliphatic carbocycles. The maximum atomic E-state index is 10.9. The van der Waals surface area contributed by atoms with Crippen molar-refractivity contribution < 1.29 is 9.63 Å². The van der Waals surface area contributed by atoms with Crippen molar-refractivity contribution in [2.45, 2.75) is 0 Å². The molecule has 1 aromatic rings. The topological polar surface area (TPSA) is 38.3 Å².